The molecule has 152 valence electrons. The first-order chi connectivity index (χ1) is 13.2. The van der Waals surface area contributed by atoms with Crippen LogP contribution in [0.25, 0.3) is 5.13 Å². The maximum atomic E-state index is 13.1. The van der Waals surface area contributed by atoms with Crippen molar-refractivity contribution < 1.29 is 14.3 Å². The number of alkyl carbamates (subject to hydrolysis) is 1. The smallest absolute Gasteiger partial charge is 0.407 e. The first-order valence-corrected chi connectivity index (χ1v) is 10.4. The number of likely N-dealkylation sites (tertiary alicyclic amines) is 1. The maximum absolute atomic E-state index is 13.1. The van der Waals surface area contributed by atoms with Crippen molar-refractivity contribution >= 4 is 23.3 Å². The average molecular weight is 405 g/mol. The van der Waals surface area contributed by atoms with Gasteiger partial charge in [-0.15, -0.1) is 11.3 Å². The number of hydrogen-bond acceptors (Lipinski definition) is 5. The molecule has 1 aliphatic heterocycles. The summed E-state index contributed by atoms with van der Waals surface area (Å²) in [4.78, 5) is 31.2. The van der Waals surface area contributed by atoms with Gasteiger partial charge in [-0.25, -0.2) is 9.78 Å². The van der Waals surface area contributed by atoms with E-state index in [2.05, 4.69) is 10.3 Å². The Bertz CT molecular complexity index is 844. The van der Waals surface area contributed by atoms with Crippen LogP contribution in [-0.4, -0.2) is 51.2 Å². The van der Waals surface area contributed by atoms with Crippen LogP contribution >= 0.6 is 11.3 Å². The molecule has 1 N–H and O–H groups in total. The zero-order chi connectivity index (χ0) is 20.5. The number of aromatic nitrogens is 2. The number of amides is 2. The van der Waals surface area contributed by atoms with Crippen LogP contribution in [0, 0.1) is 13.8 Å². The third-order valence-electron chi connectivity index (χ3n) is 4.78. The minimum absolute atomic E-state index is 0.0293. The summed E-state index contributed by atoms with van der Waals surface area (Å²) in [6.45, 7) is 10.7. The predicted octanol–water partition coefficient (Wildman–Crippen LogP) is 3.68. The molecule has 0 spiro atoms. The third kappa shape index (κ3) is 4.55. The van der Waals surface area contributed by atoms with Crippen LogP contribution in [0.4, 0.5) is 4.79 Å². The van der Waals surface area contributed by atoms with E-state index in [0.717, 1.165) is 29.4 Å². The molecule has 0 radical (unpaired) electrons. The van der Waals surface area contributed by atoms with Crippen molar-refractivity contribution in [3.63, 3.8) is 0 Å². The van der Waals surface area contributed by atoms with Gasteiger partial charge < -0.3 is 15.0 Å². The third-order valence-corrected chi connectivity index (χ3v) is 5.53. The molecular weight excluding hydrogens is 376 g/mol. The number of hydrogen-bond donors (Lipinski definition) is 1. The van der Waals surface area contributed by atoms with Gasteiger partial charge in [0.25, 0.3) is 5.91 Å². The second kappa shape index (κ2) is 7.95. The fraction of sp³-hybridized carbons (Fsp3) is 0.550. The van der Waals surface area contributed by atoms with E-state index in [4.69, 9.17) is 4.74 Å². The number of thiazole rings is 1. The molecule has 2 aromatic rings. The zero-order valence-corrected chi connectivity index (χ0v) is 17.9. The second-order valence-corrected chi connectivity index (χ2v) is 9.02. The van der Waals surface area contributed by atoms with Gasteiger partial charge in [0.2, 0.25) is 0 Å². The molecule has 0 atom stereocenters. The van der Waals surface area contributed by atoms with Crippen molar-refractivity contribution in [1.29, 1.82) is 0 Å². The normalized spacial score (nSPS) is 15.5. The van der Waals surface area contributed by atoms with Gasteiger partial charge in [-0.05, 0) is 53.5 Å². The van der Waals surface area contributed by atoms with Gasteiger partial charge in [-0.3, -0.25) is 9.36 Å². The van der Waals surface area contributed by atoms with Crippen molar-refractivity contribution in [2.75, 3.05) is 13.1 Å². The number of carbonyl (C=O) groups excluding carboxylic acids is 2. The number of nitrogens with one attached hydrogen (secondary N) is 1. The maximum Gasteiger partial charge on any atom is 0.407 e. The second-order valence-electron chi connectivity index (χ2n) is 8.15. The van der Waals surface area contributed by atoms with Gasteiger partial charge in [0, 0.05) is 42.1 Å². The minimum Gasteiger partial charge on any atom is -0.444 e. The Kier molecular flexibility index (Phi) is 5.79. The Hall–Kier alpha value is -2.35. The molecule has 2 aromatic heterocycles. The Morgan fingerprint density at radius 2 is 1.93 bits per heavy atom. The number of carbonyl (C=O) groups is 2. The fourth-order valence-electron chi connectivity index (χ4n) is 3.47. The molecule has 28 heavy (non-hydrogen) atoms. The lowest BCUT2D eigenvalue weighted by atomic mass is 10.0. The van der Waals surface area contributed by atoms with Gasteiger partial charge in [0.15, 0.2) is 5.13 Å². The standard InChI is InChI=1S/C20H28N4O3S/c1-13-12-16(14(2)24(13)18-21-8-11-28-18)17(25)23-9-6-15(7-10-23)22-19(26)27-20(3,4)5/h8,11-12,15H,6-7,9-10H2,1-5H3,(H,22,26). The fourth-order valence-corrected chi connectivity index (χ4v) is 4.22. The van der Waals surface area contributed by atoms with Crippen LogP contribution in [-0.2, 0) is 4.74 Å². The van der Waals surface area contributed by atoms with Crippen molar-refractivity contribution in [1.82, 2.24) is 19.8 Å². The van der Waals surface area contributed by atoms with Crippen LogP contribution in [0.1, 0.15) is 55.4 Å². The van der Waals surface area contributed by atoms with E-state index >= 15 is 0 Å². The van der Waals surface area contributed by atoms with Crippen LogP contribution < -0.4 is 5.32 Å². The summed E-state index contributed by atoms with van der Waals surface area (Å²) in [5.41, 5.74) is 2.11. The molecular formula is C20H28N4O3S. The Morgan fingerprint density at radius 3 is 2.50 bits per heavy atom. The molecule has 0 aliphatic carbocycles. The molecule has 0 aromatic carbocycles. The van der Waals surface area contributed by atoms with Gasteiger partial charge in [0.1, 0.15) is 5.60 Å². The summed E-state index contributed by atoms with van der Waals surface area (Å²) >= 11 is 1.55. The Labute approximate surface area is 169 Å². The molecule has 7 nitrogen and oxygen atoms in total. The Balaban J connectivity index is 1.62. The van der Waals surface area contributed by atoms with Crippen LogP contribution in [0.5, 0.6) is 0 Å². The molecule has 1 saturated heterocycles. The molecule has 0 saturated carbocycles. The summed E-state index contributed by atoms with van der Waals surface area (Å²) in [5, 5.41) is 5.71. The molecule has 0 unspecified atom stereocenters. The van der Waals surface area contributed by atoms with E-state index in [0.29, 0.717) is 18.7 Å². The SMILES string of the molecule is Cc1cc(C(=O)N2CCC(NC(=O)OC(C)(C)C)CC2)c(C)n1-c1nccs1. The number of aryl methyl sites for hydroxylation is 1. The highest BCUT2D eigenvalue weighted by Crippen LogP contribution is 2.24. The van der Waals surface area contributed by atoms with Crippen molar-refractivity contribution in [2.24, 2.45) is 0 Å². The topological polar surface area (TPSA) is 76.5 Å². The summed E-state index contributed by atoms with van der Waals surface area (Å²) in [6.07, 6.45) is 2.80. The molecule has 3 rings (SSSR count). The van der Waals surface area contributed by atoms with Gasteiger partial charge in [-0.1, -0.05) is 0 Å². The van der Waals surface area contributed by atoms with E-state index in [-0.39, 0.29) is 11.9 Å². The van der Waals surface area contributed by atoms with Crippen LogP contribution in [0.15, 0.2) is 17.6 Å². The summed E-state index contributed by atoms with van der Waals surface area (Å²) < 4.78 is 7.34. The lowest BCUT2D eigenvalue weighted by Gasteiger charge is -2.33. The average Bonchev–Trinajstić information content (AvgIpc) is 3.21. The van der Waals surface area contributed by atoms with Gasteiger partial charge in [-0.2, -0.15) is 0 Å². The van der Waals surface area contributed by atoms with Gasteiger partial charge >= 0.3 is 6.09 Å². The van der Waals surface area contributed by atoms with Crippen molar-refractivity contribution in [2.45, 2.75) is 59.1 Å². The van der Waals surface area contributed by atoms with E-state index in [1.165, 1.54) is 0 Å². The van der Waals surface area contributed by atoms with E-state index in [1.807, 2.05) is 55.5 Å². The number of nitrogens with zero attached hydrogens (tertiary/aromatic N) is 3. The van der Waals surface area contributed by atoms with Crippen molar-refractivity contribution in [3.8, 4) is 5.13 Å². The largest absolute Gasteiger partial charge is 0.444 e. The lowest BCUT2D eigenvalue weighted by molar-refractivity contribution is 0.0473. The van der Waals surface area contributed by atoms with Gasteiger partial charge in [0.05, 0.1) is 5.56 Å². The summed E-state index contributed by atoms with van der Waals surface area (Å²) in [5.74, 6) is 0.0339. The number of piperidine rings is 1. The van der Waals surface area contributed by atoms with E-state index in [9.17, 15) is 9.59 Å². The number of ether oxygens (including phenoxy) is 1. The minimum atomic E-state index is -0.513. The molecule has 2 amide bonds. The molecule has 1 fully saturated rings. The van der Waals surface area contributed by atoms with Crippen molar-refractivity contribution in [3.05, 3.63) is 34.6 Å². The predicted molar refractivity (Wildman–Crippen MR) is 109 cm³/mol. The highest BCUT2D eigenvalue weighted by Gasteiger charge is 2.28. The first-order valence-electron chi connectivity index (χ1n) is 9.53. The number of rotatable bonds is 3. The Morgan fingerprint density at radius 1 is 1.25 bits per heavy atom. The van der Waals surface area contributed by atoms with Crippen LogP contribution in [0.2, 0.25) is 0 Å². The monoisotopic (exact) mass is 404 g/mol. The molecule has 8 heteroatoms. The molecule has 0 bridgehead atoms. The highest BCUT2D eigenvalue weighted by atomic mass is 32.1. The van der Waals surface area contributed by atoms with E-state index < -0.39 is 11.7 Å². The molecule has 1 aliphatic rings. The molecule has 3 heterocycles. The summed E-state index contributed by atoms with van der Waals surface area (Å²) in [6, 6.07) is 1.96. The quantitative estimate of drug-likeness (QED) is 0.847. The zero-order valence-electron chi connectivity index (χ0n) is 17.1. The lowest BCUT2D eigenvalue weighted by Crippen LogP contribution is -2.47. The summed E-state index contributed by atoms with van der Waals surface area (Å²) in [7, 11) is 0. The highest BCUT2D eigenvalue weighted by molar-refractivity contribution is 7.12. The first kappa shape index (κ1) is 20.4. The van der Waals surface area contributed by atoms with Crippen LogP contribution in [0.3, 0.4) is 0 Å². The van der Waals surface area contributed by atoms with E-state index in [1.54, 1.807) is 17.5 Å².